The summed E-state index contributed by atoms with van der Waals surface area (Å²) in [4.78, 5) is 0. The van der Waals surface area contributed by atoms with E-state index in [0.717, 1.165) is 44.2 Å². The van der Waals surface area contributed by atoms with Gasteiger partial charge in [0.25, 0.3) is 0 Å². The Morgan fingerprint density at radius 3 is 2.47 bits per heavy atom. The highest BCUT2D eigenvalue weighted by atomic mass is 16.5. The summed E-state index contributed by atoms with van der Waals surface area (Å²) in [6, 6.07) is 0. The van der Waals surface area contributed by atoms with Crippen molar-refractivity contribution in [2.45, 2.75) is 40.5 Å². The van der Waals surface area contributed by atoms with Gasteiger partial charge < -0.3 is 10.1 Å². The van der Waals surface area contributed by atoms with Crippen molar-refractivity contribution in [3.05, 3.63) is 12.3 Å². The Kier molecular flexibility index (Phi) is 8.49. The van der Waals surface area contributed by atoms with Crippen molar-refractivity contribution < 1.29 is 4.74 Å². The molecule has 0 saturated carbocycles. The lowest BCUT2D eigenvalue weighted by Crippen LogP contribution is -2.21. The molecule has 0 heterocycles. The Labute approximate surface area is 95.1 Å². The highest BCUT2D eigenvalue weighted by Crippen LogP contribution is 2.16. The Hall–Kier alpha value is -0.500. The van der Waals surface area contributed by atoms with Crippen molar-refractivity contribution >= 4 is 0 Å². The van der Waals surface area contributed by atoms with Crippen molar-refractivity contribution in [2.75, 3.05) is 19.8 Å². The molecule has 0 bridgehead atoms. The molecule has 0 aliphatic rings. The van der Waals surface area contributed by atoms with E-state index >= 15 is 0 Å². The molecule has 90 valence electrons. The quantitative estimate of drug-likeness (QED) is 0.594. The van der Waals surface area contributed by atoms with Crippen molar-refractivity contribution in [2.24, 2.45) is 11.8 Å². The minimum absolute atomic E-state index is 0.696. The lowest BCUT2D eigenvalue weighted by molar-refractivity contribution is 0.138. The fourth-order valence-electron chi connectivity index (χ4n) is 1.24. The molecule has 0 aromatic rings. The minimum atomic E-state index is 0.696. The second kappa shape index (κ2) is 8.78. The molecule has 0 amide bonds. The van der Waals surface area contributed by atoms with E-state index in [4.69, 9.17) is 4.74 Å². The fourth-order valence-corrected chi connectivity index (χ4v) is 1.24. The first-order chi connectivity index (χ1) is 7.07. The smallest absolute Gasteiger partial charge is 0.0638 e. The minimum Gasteiger partial charge on any atom is -0.386 e. The van der Waals surface area contributed by atoms with Gasteiger partial charge in [-0.25, -0.2) is 0 Å². The molecule has 0 aromatic heterocycles. The van der Waals surface area contributed by atoms with Crippen LogP contribution in [0.2, 0.25) is 0 Å². The first-order valence-corrected chi connectivity index (χ1v) is 6.07. The lowest BCUT2D eigenvalue weighted by Gasteiger charge is -2.18. The van der Waals surface area contributed by atoms with E-state index < -0.39 is 0 Å². The topological polar surface area (TPSA) is 21.3 Å². The molecule has 0 spiro atoms. The van der Waals surface area contributed by atoms with E-state index in [1.807, 2.05) is 0 Å². The third-order valence-corrected chi connectivity index (χ3v) is 2.68. The standard InChI is InChI=1S/C13H27NO/c1-6-8-15-9-7-14-13(5)10-12(4)11(2)3/h11-12,14H,5-10H2,1-4H3. The highest BCUT2D eigenvalue weighted by Gasteiger charge is 2.07. The molecule has 15 heavy (non-hydrogen) atoms. The summed E-state index contributed by atoms with van der Waals surface area (Å²) >= 11 is 0. The molecular weight excluding hydrogens is 186 g/mol. The number of hydrogen-bond donors (Lipinski definition) is 1. The van der Waals surface area contributed by atoms with Gasteiger partial charge in [-0.15, -0.1) is 0 Å². The van der Waals surface area contributed by atoms with Gasteiger partial charge in [0.1, 0.15) is 0 Å². The average Bonchev–Trinajstić information content (AvgIpc) is 2.17. The van der Waals surface area contributed by atoms with Crippen LogP contribution < -0.4 is 5.32 Å². The molecule has 1 N–H and O–H groups in total. The predicted molar refractivity (Wildman–Crippen MR) is 66.9 cm³/mol. The van der Waals surface area contributed by atoms with E-state index in [2.05, 4.69) is 39.6 Å². The van der Waals surface area contributed by atoms with Crippen LogP contribution in [-0.4, -0.2) is 19.8 Å². The van der Waals surface area contributed by atoms with Crippen molar-refractivity contribution in [1.82, 2.24) is 5.32 Å². The van der Waals surface area contributed by atoms with E-state index in [-0.39, 0.29) is 0 Å². The molecule has 0 aliphatic carbocycles. The maximum absolute atomic E-state index is 5.38. The Morgan fingerprint density at radius 2 is 1.93 bits per heavy atom. The highest BCUT2D eigenvalue weighted by molar-refractivity contribution is 4.92. The summed E-state index contributed by atoms with van der Waals surface area (Å²) in [7, 11) is 0. The zero-order chi connectivity index (χ0) is 11.7. The van der Waals surface area contributed by atoms with Crippen LogP contribution in [0, 0.1) is 11.8 Å². The number of nitrogens with one attached hydrogen (secondary N) is 1. The Bertz CT molecular complexity index is 166. The van der Waals surface area contributed by atoms with E-state index in [0.29, 0.717) is 5.92 Å². The van der Waals surface area contributed by atoms with Crippen LogP contribution in [0.25, 0.3) is 0 Å². The van der Waals surface area contributed by atoms with Gasteiger partial charge in [0.15, 0.2) is 0 Å². The molecule has 0 aliphatic heterocycles. The van der Waals surface area contributed by atoms with Crippen LogP contribution in [0.3, 0.4) is 0 Å². The van der Waals surface area contributed by atoms with Crippen molar-refractivity contribution in [3.8, 4) is 0 Å². The Balaban J connectivity index is 3.41. The second-order valence-electron chi connectivity index (χ2n) is 4.57. The van der Waals surface area contributed by atoms with Gasteiger partial charge in [0.2, 0.25) is 0 Å². The summed E-state index contributed by atoms with van der Waals surface area (Å²) in [5, 5.41) is 3.31. The van der Waals surface area contributed by atoms with Crippen LogP contribution in [0.5, 0.6) is 0 Å². The molecule has 0 radical (unpaired) electrons. The third-order valence-electron chi connectivity index (χ3n) is 2.68. The van der Waals surface area contributed by atoms with Gasteiger partial charge in [-0.05, 0) is 24.7 Å². The van der Waals surface area contributed by atoms with Gasteiger partial charge in [0, 0.05) is 18.8 Å². The molecular formula is C13H27NO. The molecule has 0 rings (SSSR count). The molecule has 1 unspecified atom stereocenters. The third kappa shape index (κ3) is 8.49. The number of hydrogen-bond acceptors (Lipinski definition) is 2. The summed E-state index contributed by atoms with van der Waals surface area (Å²) < 4.78 is 5.38. The van der Waals surface area contributed by atoms with Gasteiger partial charge in [-0.2, -0.15) is 0 Å². The number of allylic oxidation sites excluding steroid dienone is 1. The van der Waals surface area contributed by atoms with Crippen molar-refractivity contribution in [1.29, 1.82) is 0 Å². The van der Waals surface area contributed by atoms with Gasteiger partial charge in [-0.1, -0.05) is 34.3 Å². The molecule has 0 fully saturated rings. The van der Waals surface area contributed by atoms with Crippen LogP contribution >= 0.6 is 0 Å². The summed E-state index contributed by atoms with van der Waals surface area (Å²) in [5.74, 6) is 1.42. The SMILES string of the molecule is C=C(CC(C)C(C)C)NCCOCCC. The zero-order valence-corrected chi connectivity index (χ0v) is 10.8. The number of ether oxygens (including phenoxy) is 1. The average molecular weight is 213 g/mol. The van der Waals surface area contributed by atoms with Crippen LogP contribution in [0.1, 0.15) is 40.5 Å². The van der Waals surface area contributed by atoms with Gasteiger partial charge in [-0.3, -0.25) is 0 Å². The summed E-state index contributed by atoms with van der Waals surface area (Å²) in [5.41, 5.74) is 1.14. The van der Waals surface area contributed by atoms with Crippen LogP contribution in [0.15, 0.2) is 12.3 Å². The fraction of sp³-hybridized carbons (Fsp3) is 0.846. The first-order valence-electron chi connectivity index (χ1n) is 6.07. The summed E-state index contributed by atoms with van der Waals surface area (Å²) in [6.45, 7) is 15.4. The lowest BCUT2D eigenvalue weighted by atomic mass is 9.93. The van der Waals surface area contributed by atoms with Crippen molar-refractivity contribution in [3.63, 3.8) is 0 Å². The molecule has 2 nitrogen and oxygen atoms in total. The maximum atomic E-state index is 5.38. The number of rotatable bonds is 9. The normalized spacial score (nSPS) is 12.9. The Morgan fingerprint density at radius 1 is 1.27 bits per heavy atom. The molecule has 1 atom stereocenters. The second-order valence-corrected chi connectivity index (χ2v) is 4.57. The molecule has 2 heteroatoms. The predicted octanol–water partition coefficient (Wildman–Crippen LogP) is 3.20. The van der Waals surface area contributed by atoms with E-state index in [1.165, 1.54) is 0 Å². The monoisotopic (exact) mass is 213 g/mol. The first kappa shape index (κ1) is 14.5. The zero-order valence-electron chi connectivity index (χ0n) is 10.8. The van der Waals surface area contributed by atoms with E-state index in [9.17, 15) is 0 Å². The van der Waals surface area contributed by atoms with Crippen LogP contribution in [0.4, 0.5) is 0 Å². The maximum Gasteiger partial charge on any atom is 0.0638 e. The van der Waals surface area contributed by atoms with Gasteiger partial charge in [0.05, 0.1) is 6.61 Å². The molecule has 0 aromatic carbocycles. The molecule has 0 saturated heterocycles. The van der Waals surface area contributed by atoms with Crippen LogP contribution in [-0.2, 0) is 4.74 Å². The van der Waals surface area contributed by atoms with Gasteiger partial charge >= 0.3 is 0 Å². The summed E-state index contributed by atoms with van der Waals surface area (Å²) in [6.07, 6.45) is 2.15. The largest absolute Gasteiger partial charge is 0.386 e. The van der Waals surface area contributed by atoms with E-state index in [1.54, 1.807) is 0 Å².